The van der Waals surface area contributed by atoms with E-state index in [9.17, 15) is 4.79 Å². The number of halogens is 1. The third-order valence-electron chi connectivity index (χ3n) is 7.46. The minimum atomic E-state index is -0.0899. The fraction of sp³-hybridized carbons (Fsp3) is 0.519. The Hall–Kier alpha value is -2.88. The maximum atomic E-state index is 12.2. The zero-order valence-electron chi connectivity index (χ0n) is 21.6. The molecule has 2 aromatic heterocycles. The molecule has 1 aromatic carbocycles. The summed E-state index contributed by atoms with van der Waals surface area (Å²) < 4.78 is 5.71. The van der Waals surface area contributed by atoms with Crippen LogP contribution in [0, 0.1) is 5.92 Å². The van der Waals surface area contributed by atoms with E-state index in [1.165, 1.54) is 0 Å². The Morgan fingerprint density at radius 3 is 2.46 bits per heavy atom. The average molecular weight is 526 g/mol. The van der Waals surface area contributed by atoms with Gasteiger partial charge in [-0.2, -0.15) is 0 Å². The van der Waals surface area contributed by atoms with Crippen molar-refractivity contribution in [3.8, 4) is 17.1 Å². The lowest BCUT2D eigenvalue weighted by molar-refractivity contribution is -0.123. The lowest BCUT2D eigenvalue weighted by atomic mass is 9.97. The van der Waals surface area contributed by atoms with Crippen LogP contribution in [-0.2, 0) is 4.79 Å². The summed E-state index contributed by atoms with van der Waals surface area (Å²) in [5.74, 6) is 1.80. The molecule has 2 fully saturated rings. The number of carbonyl (C=O) groups is 1. The molecule has 37 heavy (non-hydrogen) atoms. The summed E-state index contributed by atoms with van der Waals surface area (Å²) >= 11 is 6.52. The second kappa shape index (κ2) is 11.7. The molecule has 3 aromatic rings. The van der Waals surface area contributed by atoms with E-state index < -0.39 is 0 Å². The number of hydrogen-bond donors (Lipinski definition) is 3. The van der Waals surface area contributed by atoms with Crippen molar-refractivity contribution in [1.29, 1.82) is 0 Å². The number of anilines is 1. The minimum Gasteiger partial charge on any atom is -0.484 e. The van der Waals surface area contributed by atoms with Gasteiger partial charge in [0.15, 0.2) is 12.3 Å². The summed E-state index contributed by atoms with van der Waals surface area (Å²) in [6, 6.07) is 7.91. The van der Waals surface area contributed by atoms with Gasteiger partial charge in [-0.1, -0.05) is 11.6 Å². The van der Waals surface area contributed by atoms with Crippen LogP contribution in [0.4, 0.5) is 5.69 Å². The first-order valence-corrected chi connectivity index (χ1v) is 13.5. The summed E-state index contributed by atoms with van der Waals surface area (Å²) in [5, 5.41) is 7.18. The number of likely N-dealkylation sites (tertiary alicyclic amines) is 2. The monoisotopic (exact) mass is 525 g/mol. The van der Waals surface area contributed by atoms with E-state index in [0.717, 1.165) is 68.6 Å². The van der Waals surface area contributed by atoms with Gasteiger partial charge in [0.05, 0.1) is 16.9 Å². The Labute approximate surface area is 222 Å². The normalized spacial score (nSPS) is 18.2. The van der Waals surface area contributed by atoms with Crippen LogP contribution in [0.2, 0.25) is 5.02 Å². The van der Waals surface area contributed by atoms with Crippen LogP contribution in [-0.4, -0.2) is 90.1 Å². The fourth-order valence-electron chi connectivity index (χ4n) is 5.00. The van der Waals surface area contributed by atoms with Crippen molar-refractivity contribution in [3.63, 3.8) is 0 Å². The molecule has 0 aliphatic carbocycles. The number of carbonyl (C=O) groups excluding carboxylic acids is 1. The zero-order chi connectivity index (χ0) is 25.8. The number of pyridine rings is 1. The number of aromatic nitrogens is 3. The molecule has 0 atom stereocenters. The van der Waals surface area contributed by atoms with Crippen molar-refractivity contribution in [1.82, 2.24) is 30.1 Å². The molecule has 0 spiro atoms. The molecule has 2 saturated heterocycles. The van der Waals surface area contributed by atoms with Gasteiger partial charge in [-0.3, -0.25) is 4.79 Å². The molecule has 1 amide bonds. The van der Waals surface area contributed by atoms with Crippen LogP contribution in [0.15, 0.2) is 30.5 Å². The number of aromatic amines is 1. The minimum absolute atomic E-state index is 0.00497. The number of rotatable bonds is 8. The fourth-order valence-corrected chi connectivity index (χ4v) is 5.19. The quantitative estimate of drug-likeness (QED) is 0.413. The summed E-state index contributed by atoms with van der Waals surface area (Å²) in [6.45, 7) is 5.02. The number of piperidine rings is 2. The molecule has 4 heterocycles. The number of fused-ring (bicyclic) bond motifs is 1. The first kappa shape index (κ1) is 25.8. The van der Waals surface area contributed by atoms with Crippen LogP contribution in [0.25, 0.3) is 22.6 Å². The Morgan fingerprint density at radius 1 is 1.08 bits per heavy atom. The highest BCUT2D eigenvalue weighted by molar-refractivity contribution is 6.34. The first-order chi connectivity index (χ1) is 17.9. The van der Waals surface area contributed by atoms with Gasteiger partial charge in [-0.25, -0.2) is 9.97 Å². The summed E-state index contributed by atoms with van der Waals surface area (Å²) in [6.07, 6.45) is 6.03. The van der Waals surface area contributed by atoms with Crippen LogP contribution in [0.5, 0.6) is 5.75 Å². The Kier molecular flexibility index (Phi) is 8.12. The van der Waals surface area contributed by atoms with Gasteiger partial charge < -0.3 is 30.2 Å². The Balaban J connectivity index is 1.18. The van der Waals surface area contributed by atoms with E-state index in [1.54, 1.807) is 6.20 Å². The molecule has 0 radical (unpaired) electrons. The van der Waals surface area contributed by atoms with Crippen molar-refractivity contribution in [2.45, 2.75) is 31.7 Å². The summed E-state index contributed by atoms with van der Waals surface area (Å²) in [7, 11) is 4.29. The Morgan fingerprint density at radius 2 is 1.76 bits per heavy atom. The molecule has 2 aliphatic heterocycles. The number of ether oxygens (including phenoxy) is 1. The molecule has 0 unspecified atom stereocenters. The second-order valence-electron chi connectivity index (χ2n) is 10.3. The molecule has 0 bridgehead atoms. The maximum absolute atomic E-state index is 12.2. The van der Waals surface area contributed by atoms with Crippen molar-refractivity contribution in [2.75, 3.05) is 58.7 Å². The topological polar surface area (TPSA) is 98.4 Å². The third kappa shape index (κ3) is 6.52. The standard InChI is InChI=1S/C27H36ClN7O2/c1-34-11-7-18(8-12-34)15-29-23(36)17-37-21-5-3-19(4-6-21)26-32-25-24(22(28)16-30-27(25)33-26)31-20-9-13-35(2)14-10-20/h3-6,16,18,20H,7-15,17H2,1-2H3,(H,29,36)(H2,30,31,32,33). The molecule has 2 aliphatic rings. The second-order valence-corrected chi connectivity index (χ2v) is 10.8. The largest absolute Gasteiger partial charge is 0.484 e. The van der Waals surface area contributed by atoms with Crippen molar-refractivity contribution in [3.05, 3.63) is 35.5 Å². The highest BCUT2D eigenvalue weighted by Gasteiger charge is 2.21. The molecule has 5 rings (SSSR count). The highest BCUT2D eigenvalue weighted by Crippen LogP contribution is 2.32. The van der Waals surface area contributed by atoms with Crippen LogP contribution >= 0.6 is 11.6 Å². The van der Waals surface area contributed by atoms with E-state index in [4.69, 9.17) is 21.3 Å². The van der Waals surface area contributed by atoms with Gasteiger partial charge in [0.1, 0.15) is 17.1 Å². The Bertz CT molecular complexity index is 1200. The number of amides is 1. The molecular formula is C27H36ClN7O2. The SMILES string of the molecule is CN1CCC(CNC(=O)COc2ccc(-c3nc4c(NC5CCN(C)CC5)c(Cl)cnc4[nH]3)cc2)CC1. The smallest absolute Gasteiger partial charge is 0.257 e. The van der Waals surface area contributed by atoms with Gasteiger partial charge in [0, 0.05) is 18.2 Å². The lowest BCUT2D eigenvalue weighted by Crippen LogP contribution is -2.38. The van der Waals surface area contributed by atoms with E-state index >= 15 is 0 Å². The number of imidazole rings is 1. The van der Waals surface area contributed by atoms with Gasteiger partial charge >= 0.3 is 0 Å². The number of nitrogens with one attached hydrogen (secondary N) is 3. The van der Waals surface area contributed by atoms with Crippen molar-refractivity contribution < 1.29 is 9.53 Å². The van der Waals surface area contributed by atoms with E-state index in [1.807, 2.05) is 24.3 Å². The van der Waals surface area contributed by atoms with Crippen LogP contribution in [0.3, 0.4) is 0 Å². The first-order valence-electron chi connectivity index (χ1n) is 13.1. The number of hydrogen-bond acceptors (Lipinski definition) is 7. The zero-order valence-corrected chi connectivity index (χ0v) is 22.4. The molecule has 198 valence electrons. The van der Waals surface area contributed by atoms with Crippen molar-refractivity contribution >= 4 is 34.4 Å². The number of nitrogens with zero attached hydrogens (tertiary/aromatic N) is 4. The van der Waals surface area contributed by atoms with Gasteiger partial charge in [-0.15, -0.1) is 0 Å². The third-order valence-corrected chi connectivity index (χ3v) is 7.74. The summed E-state index contributed by atoms with van der Waals surface area (Å²) in [4.78, 5) is 29.5. The molecule has 3 N–H and O–H groups in total. The van der Waals surface area contributed by atoms with Crippen LogP contribution < -0.4 is 15.4 Å². The maximum Gasteiger partial charge on any atom is 0.257 e. The molecular weight excluding hydrogens is 490 g/mol. The molecule has 9 nitrogen and oxygen atoms in total. The van der Waals surface area contributed by atoms with Crippen LogP contribution in [0.1, 0.15) is 25.7 Å². The predicted octanol–water partition coefficient (Wildman–Crippen LogP) is 3.62. The predicted molar refractivity (Wildman–Crippen MR) is 147 cm³/mol. The summed E-state index contributed by atoms with van der Waals surface area (Å²) in [5.41, 5.74) is 3.16. The van der Waals surface area contributed by atoms with Gasteiger partial charge in [0.2, 0.25) is 0 Å². The van der Waals surface area contributed by atoms with Gasteiger partial charge in [-0.05, 0) is 96.1 Å². The molecule has 0 saturated carbocycles. The van der Waals surface area contributed by atoms with Gasteiger partial charge in [0.25, 0.3) is 5.91 Å². The average Bonchev–Trinajstić information content (AvgIpc) is 3.35. The number of H-pyrrole nitrogens is 1. The van der Waals surface area contributed by atoms with E-state index in [2.05, 4.69) is 44.5 Å². The van der Waals surface area contributed by atoms with E-state index in [-0.39, 0.29) is 12.5 Å². The molecule has 10 heteroatoms. The highest BCUT2D eigenvalue weighted by atomic mass is 35.5. The lowest BCUT2D eigenvalue weighted by Gasteiger charge is -2.30. The van der Waals surface area contributed by atoms with E-state index in [0.29, 0.717) is 40.7 Å². The number of benzene rings is 1. The van der Waals surface area contributed by atoms with Crippen molar-refractivity contribution in [2.24, 2.45) is 5.92 Å².